The van der Waals surface area contributed by atoms with Crippen LogP contribution in [-0.2, 0) is 11.3 Å². The number of nitrogens with zero attached hydrogens (tertiary/aromatic N) is 1. The lowest BCUT2D eigenvalue weighted by molar-refractivity contribution is -0.127. The van der Waals surface area contributed by atoms with E-state index in [0.717, 1.165) is 13.1 Å². The molecule has 0 saturated carbocycles. The summed E-state index contributed by atoms with van der Waals surface area (Å²) in [5.41, 5.74) is 1.24. The summed E-state index contributed by atoms with van der Waals surface area (Å²) < 4.78 is 5.87. The molecule has 3 nitrogen and oxygen atoms in total. The third-order valence-electron chi connectivity index (χ3n) is 3.01. The number of rotatable bonds is 8. The van der Waals surface area contributed by atoms with Crippen LogP contribution >= 0.6 is 0 Å². The summed E-state index contributed by atoms with van der Waals surface area (Å²) in [6.07, 6.45) is -0.741. The third kappa shape index (κ3) is 5.72. The average Bonchev–Trinajstić information content (AvgIpc) is 2.38. The maximum atomic E-state index is 9.94. The van der Waals surface area contributed by atoms with Gasteiger partial charge in [-0.05, 0) is 24.9 Å². The minimum absolute atomic E-state index is 0.243. The molecule has 108 valence electrons. The molecule has 0 aliphatic rings. The molecule has 2 unspecified atom stereocenters. The van der Waals surface area contributed by atoms with E-state index in [9.17, 15) is 5.11 Å². The predicted molar refractivity (Wildman–Crippen MR) is 78.8 cm³/mol. The molecule has 19 heavy (non-hydrogen) atoms. The van der Waals surface area contributed by atoms with Gasteiger partial charge in [-0.1, -0.05) is 51.1 Å². The Morgan fingerprint density at radius 1 is 1.16 bits per heavy atom. The Bertz CT molecular complexity index is 338. The Kier molecular flexibility index (Phi) is 7.06. The van der Waals surface area contributed by atoms with Gasteiger partial charge in [0.15, 0.2) is 0 Å². The fraction of sp³-hybridized carbons (Fsp3) is 0.625. The van der Waals surface area contributed by atoms with Crippen molar-refractivity contribution in [2.75, 3.05) is 13.2 Å². The molecule has 0 aliphatic heterocycles. The standard InChI is InChI=1S/C16H27NO2/c1-5-17(11-15-9-7-6-8-10-15)16(14(4)18)19-12-13(2)3/h6-10,13-14,16,18H,5,11-12H2,1-4H3. The molecule has 1 N–H and O–H groups in total. The van der Waals surface area contributed by atoms with E-state index in [1.807, 2.05) is 18.2 Å². The van der Waals surface area contributed by atoms with Gasteiger partial charge < -0.3 is 9.84 Å². The van der Waals surface area contributed by atoms with Crippen LogP contribution in [0.1, 0.15) is 33.3 Å². The van der Waals surface area contributed by atoms with Gasteiger partial charge in [0.05, 0.1) is 12.7 Å². The fourth-order valence-corrected chi connectivity index (χ4v) is 2.04. The normalized spacial score (nSPS) is 14.9. The van der Waals surface area contributed by atoms with Crippen LogP contribution in [0.5, 0.6) is 0 Å². The predicted octanol–water partition coefficient (Wildman–Crippen LogP) is 2.89. The van der Waals surface area contributed by atoms with Crippen molar-refractivity contribution in [3.05, 3.63) is 35.9 Å². The van der Waals surface area contributed by atoms with Gasteiger partial charge in [0.25, 0.3) is 0 Å². The van der Waals surface area contributed by atoms with E-state index in [1.165, 1.54) is 5.56 Å². The number of aliphatic hydroxyl groups excluding tert-OH is 1. The van der Waals surface area contributed by atoms with E-state index in [1.54, 1.807) is 6.92 Å². The SMILES string of the molecule is CCN(Cc1ccccc1)C(OCC(C)C)C(C)O. The lowest BCUT2D eigenvalue weighted by Crippen LogP contribution is -2.44. The van der Waals surface area contributed by atoms with Gasteiger partial charge in [0.2, 0.25) is 0 Å². The molecule has 1 rings (SSSR count). The maximum absolute atomic E-state index is 9.94. The van der Waals surface area contributed by atoms with Gasteiger partial charge >= 0.3 is 0 Å². The van der Waals surface area contributed by atoms with Crippen LogP contribution in [0.2, 0.25) is 0 Å². The highest BCUT2D eigenvalue weighted by Gasteiger charge is 2.23. The summed E-state index contributed by atoms with van der Waals surface area (Å²) in [6, 6.07) is 10.3. The topological polar surface area (TPSA) is 32.7 Å². The van der Waals surface area contributed by atoms with E-state index in [0.29, 0.717) is 12.5 Å². The molecule has 0 spiro atoms. The quantitative estimate of drug-likeness (QED) is 0.734. The first-order chi connectivity index (χ1) is 9.04. The van der Waals surface area contributed by atoms with Gasteiger partial charge in [-0.15, -0.1) is 0 Å². The first-order valence-corrected chi connectivity index (χ1v) is 7.12. The number of aliphatic hydroxyl groups is 1. The number of hydrogen-bond donors (Lipinski definition) is 1. The van der Waals surface area contributed by atoms with Gasteiger partial charge in [0, 0.05) is 6.54 Å². The monoisotopic (exact) mass is 265 g/mol. The summed E-state index contributed by atoms with van der Waals surface area (Å²) in [7, 11) is 0. The Labute approximate surface area is 117 Å². The minimum Gasteiger partial charge on any atom is -0.389 e. The molecule has 0 amide bonds. The highest BCUT2D eigenvalue weighted by Crippen LogP contribution is 2.13. The van der Waals surface area contributed by atoms with E-state index in [2.05, 4.69) is 37.8 Å². The second-order valence-electron chi connectivity index (χ2n) is 5.41. The van der Waals surface area contributed by atoms with Crippen LogP contribution in [0.25, 0.3) is 0 Å². The Balaban J connectivity index is 2.67. The molecule has 1 aromatic rings. The van der Waals surface area contributed by atoms with Crippen LogP contribution in [0.3, 0.4) is 0 Å². The Morgan fingerprint density at radius 3 is 2.26 bits per heavy atom. The van der Waals surface area contributed by atoms with Gasteiger partial charge in [-0.25, -0.2) is 0 Å². The molecule has 0 saturated heterocycles. The number of ether oxygens (including phenoxy) is 1. The summed E-state index contributed by atoms with van der Waals surface area (Å²) in [5, 5.41) is 9.94. The molecule has 0 heterocycles. The van der Waals surface area contributed by atoms with E-state index in [-0.39, 0.29) is 6.23 Å². The molecule has 0 radical (unpaired) electrons. The van der Waals surface area contributed by atoms with Crippen LogP contribution < -0.4 is 0 Å². The van der Waals surface area contributed by atoms with Gasteiger partial charge in [-0.3, -0.25) is 4.90 Å². The zero-order valence-electron chi connectivity index (χ0n) is 12.5. The number of benzene rings is 1. The van der Waals surface area contributed by atoms with Crippen molar-refractivity contribution in [1.29, 1.82) is 0 Å². The van der Waals surface area contributed by atoms with Crippen LogP contribution in [-0.4, -0.2) is 35.5 Å². The largest absolute Gasteiger partial charge is 0.389 e. The lowest BCUT2D eigenvalue weighted by atomic mass is 10.2. The third-order valence-corrected chi connectivity index (χ3v) is 3.01. The second-order valence-corrected chi connectivity index (χ2v) is 5.41. The fourth-order valence-electron chi connectivity index (χ4n) is 2.04. The Hall–Kier alpha value is -0.900. The summed E-state index contributed by atoms with van der Waals surface area (Å²) in [4.78, 5) is 2.17. The summed E-state index contributed by atoms with van der Waals surface area (Å²) >= 11 is 0. The number of hydrogen-bond acceptors (Lipinski definition) is 3. The van der Waals surface area contributed by atoms with E-state index < -0.39 is 6.10 Å². The van der Waals surface area contributed by atoms with Crippen molar-refractivity contribution in [3.63, 3.8) is 0 Å². The van der Waals surface area contributed by atoms with Gasteiger partial charge in [-0.2, -0.15) is 0 Å². The molecule has 0 bridgehead atoms. The van der Waals surface area contributed by atoms with Crippen molar-refractivity contribution in [2.45, 2.75) is 46.6 Å². The first kappa shape index (κ1) is 16.2. The van der Waals surface area contributed by atoms with E-state index in [4.69, 9.17) is 4.74 Å². The molecule has 0 aromatic heterocycles. The molecule has 2 atom stereocenters. The smallest absolute Gasteiger partial charge is 0.136 e. The zero-order chi connectivity index (χ0) is 14.3. The maximum Gasteiger partial charge on any atom is 0.136 e. The average molecular weight is 265 g/mol. The van der Waals surface area contributed by atoms with Gasteiger partial charge in [0.1, 0.15) is 6.23 Å². The van der Waals surface area contributed by atoms with Crippen molar-refractivity contribution in [2.24, 2.45) is 5.92 Å². The Morgan fingerprint density at radius 2 is 1.79 bits per heavy atom. The highest BCUT2D eigenvalue weighted by molar-refractivity contribution is 5.14. The van der Waals surface area contributed by atoms with Crippen LogP contribution in [0.15, 0.2) is 30.3 Å². The van der Waals surface area contributed by atoms with Crippen molar-refractivity contribution in [3.8, 4) is 0 Å². The summed E-state index contributed by atoms with van der Waals surface area (Å²) in [5.74, 6) is 0.469. The molecule has 0 aliphatic carbocycles. The minimum atomic E-state index is -0.498. The molecular formula is C16H27NO2. The van der Waals surface area contributed by atoms with Crippen molar-refractivity contribution >= 4 is 0 Å². The molecule has 0 fully saturated rings. The summed E-state index contributed by atoms with van der Waals surface area (Å²) in [6.45, 7) is 10.4. The lowest BCUT2D eigenvalue weighted by Gasteiger charge is -2.33. The van der Waals surface area contributed by atoms with Crippen molar-refractivity contribution in [1.82, 2.24) is 4.90 Å². The molecule has 1 aromatic carbocycles. The highest BCUT2D eigenvalue weighted by atomic mass is 16.5. The van der Waals surface area contributed by atoms with Crippen molar-refractivity contribution < 1.29 is 9.84 Å². The second kappa shape index (κ2) is 8.31. The molecule has 3 heteroatoms. The van der Waals surface area contributed by atoms with E-state index >= 15 is 0 Å². The zero-order valence-corrected chi connectivity index (χ0v) is 12.5. The number of likely N-dealkylation sites (N-methyl/N-ethyl adjacent to an activating group) is 1. The first-order valence-electron chi connectivity index (χ1n) is 7.12. The van der Waals surface area contributed by atoms with Crippen LogP contribution in [0, 0.1) is 5.92 Å². The molecular weight excluding hydrogens is 238 g/mol. The van der Waals surface area contributed by atoms with Crippen LogP contribution in [0.4, 0.5) is 0 Å².